The number of fused-ring (bicyclic) bond motifs is 1. The number of piperazine rings is 1. The van der Waals surface area contributed by atoms with Gasteiger partial charge in [0.1, 0.15) is 23.5 Å². The third-order valence-corrected chi connectivity index (χ3v) is 7.95. The molecular formula is C31H39N5O11. The minimum absolute atomic E-state index is 0.0308. The summed E-state index contributed by atoms with van der Waals surface area (Å²) in [4.78, 5) is 84.2. The van der Waals surface area contributed by atoms with Gasteiger partial charge in [-0.3, -0.25) is 19.2 Å². The molecule has 4 amide bonds. The normalized spacial score (nSPS) is 18.4. The largest absolute Gasteiger partial charge is 0.483 e. The lowest BCUT2D eigenvalue weighted by atomic mass is 10.1. The first kappa shape index (κ1) is 34.9. The van der Waals surface area contributed by atoms with Gasteiger partial charge in [-0.1, -0.05) is 6.07 Å². The van der Waals surface area contributed by atoms with E-state index in [0.29, 0.717) is 10.9 Å². The van der Waals surface area contributed by atoms with Crippen molar-refractivity contribution in [1.82, 2.24) is 25.0 Å². The molecule has 0 radical (unpaired) electrons. The Morgan fingerprint density at radius 1 is 1.06 bits per heavy atom. The number of aryl methyl sites for hydroxylation is 1. The van der Waals surface area contributed by atoms with Crippen LogP contribution in [0, 0.1) is 6.92 Å². The number of amides is 4. The molecule has 2 unspecified atom stereocenters. The van der Waals surface area contributed by atoms with Gasteiger partial charge in [0.2, 0.25) is 5.91 Å². The quantitative estimate of drug-likeness (QED) is 0.280. The minimum Gasteiger partial charge on any atom is -0.483 e. The van der Waals surface area contributed by atoms with Crippen LogP contribution in [0.4, 0.5) is 4.79 Å². The molecule has 0 spiro atoms. The molecule has 0 aliphatic carbocycles. The molecule has 0 saturated carbocycles. The van der Waals surface area contributed by atoms with E-state index >= 15 is 0 Å². The van der Waals surface area contributed by atoms with Crippen LogP contribution in [0.15, 0.2) is 24.3 Å². The summed E-state index contributed by atoms with van der Waals surface area (Å²) in [7, 11) is 1.19. The van der Waals surface area contributed by atoms with E-state index in [-0.39, 0.29) is 63.6 Å². The number of aliphatic hydroxyl groups excluding tert-OH is 1. The van der Waals surface area contributed by atoms with Crippen molar-refractivity contribution in [3.63, 3.8) is 0 Å². The molecule has 2 aliphatic rings. The fourth-order valence-corrected chi connectivity index (χ4v) is 5.52. The van der Waals surface area contributed by atoms with Crippen LogP contribution in [0.2, 0.25) is 0 Å². The predicted molar refractivity (Wildman–Crippen MR) is 163 cm³/mol. The Morgan fingerprint density at radius 3 is 2.43 bits per heavy atom. The number of aliphatic carboxylic acids is 1. The van der Waals surface area contributed by atoms with Crippen LogP contribution >= 0.6 is 0 Å². The number of hydrogen-bond donors (Lipinski definition) is 3. The molecule has 1 aromatic carbocycles. The van der Waals surface area contributed by atoms with Crippen molar-refractivity contribution in [2.45, 2.75) is 51.3 Å². The average Bonchev–Trinajstić information content (AvgIpc) is 3.45. The summed E-state index contributed by atoms with van der Waals surface area (Å²) in [6, 6.07) is 4.37. The molecule has 2 aromatic rings. The van der Waals surface area contributed by atoms with E-state index in [1.54, 1.807) is 25.1 Å². The number of hydrogen-bond acceptors (Lipinski definition) is 11. The number of carbonyl (C=O) groups excluding carboxylic acids is 5. The number of ether oxygens (including phenoxy) is 3. The first-order valence-corrected chi connectivity index (χ1v) is 15.2. The summed E-state index contributed by atoms with van der Waals surface area (Å²) in [6.45, 7) is 3.90. The van der Waals surface area contributed by atoms with Gasteiger partial charge in [0.15, 0.2) is 6.61 Å². The second kappa shape index (κ2) is 15.5. The van der Waals surface area contributed by atoms with Crippen LogP contribution in [-0.4, -0.2) is 137 Å². The third-order valence-electron chi connectivity index (χ3n) is 7.95. The lowest BCUT2D eigenvalue weighted by molar-refractivity contribution is -0.151. The second-order valence-corrected chi connectivity index (χ2v) is 11.3. The molecule has 4 rings (SSSR count). The number of nitrogens with zero attached hydrogens (tertiary/aromatic N) is 4. The summed E-state index contributed by atoms with van der Waals surface area (Å²) in [5.74, 6) is -3.54. The summed E-state index contributed by atoms with van der Waals surface area (Å²) in [5, 5.41) is 22.5. The van der Waals surface area contributed by atoms with Gasteiger partial charge in [0.25, 0.3) is 11.8 Å². The number of esters is 1. The van der Waals surface area contributed by atoms with Crippen LogP contribution in [0.5, 0.6) is 5.75 Å². The van der Waals surface area contributed by atoms with E-state index in [4.69, 9.17) is 14.2 Å². The second-order valence-electron chi connectivity index (χ2n) is 11.3. The number of methoxy groups -OCH3 is 1. The molecule has 1 aromatic heterocycles. The average molecular weight is 658 g/mol. The van der Waals surface area contributed by atoms with Crippen molar-refractivity contribution in [2.24, 2.45) is 0 Å². The highest BCUT2D eigenvalue weighted by Gasteiger charge is 2.40. The summed E-state index contributed by atoms with van der Waals surface area (Å²) >= 11 is 0. The molecule has 254 valence electrons. The number of pyridine rings is 1. The molecule has 3 N–H and O–H groups in total. The number of rotatable bonds is 11. The third kappa shape index (κ3) is 8.64. The molecule has 2 fully saturated rings. The number of β-amino-alcohol motifs (C(OH)–C–C–N with tert-alkyl or cyclic N) is 1. The standard InChI is InChI=1S/C31H39N5O11/c1-4-46-31(44)35-11-9-34(10-12-35)29(42)21(7-8-27(39)40)33-28(41)23-15-25(20-6-5-18(2)13-22(20)32-23)47-17-26(38)36-16-19(37)14-24(36)30(43)45-3/h5-6,13,15,19,21,24,37H,4,7-12,14,16-17H2,1-3H3,(H,33,41)(H,39,40)/t19?,21-,24?/m0/s1. The highest BCUT2D eigenvalue weighted by molar-refractivity contribution is 5.99. The number of carbonyl (C=O) groups is 6. The molecular weight excluding hydrogens is 618 g/mol. The zero-order chi connectivity index (χ0) is 34.2. The Bertz CT molecular complexity index is 1520. The SMILES string of the molecule is CCOC(=O)N1CCN(C(=O)[C@H](CCC(=O)O)NC(=O)c2cc(OCC(=O)N3CC(O)CC3C(=O)OC)c3ccc(C)cc3n2)CC1. The Labute approximate surface area is 270 Å². The first-order chi connectivity index (χ1) is 22.4. The Kier molecular flexibility index (Phi) is 11.5. The zero-order valence-corrected chi connectivity index (χ0v) is 26.5. The maximum absolute atomic E-state index is 13.5. The van der Waals surface area contributed by atoms with Crippen LogP contribution in [0.25, 0.3) is 10.9 Å². The Morgan fingerprint density at radius 2 is 1.77 bits per heavy atom. The molecule has 16 nitrogen and oxygen atoms in total. The zero-order valence-electron chi connectivity index (χ0n) is 26.5. The number of aliphatic hydroxyl groups is 1. The summed E-state index contributed by atoms with van der Waals surface area (Å²) < 4.78 is 15.6. The number of benzene rings is 1. The number of carboxylic acids is 1. The molecule has 47 heavy (non-hydrogen) atoms. The Balaban J connectivity index is 1.53. The topological polar surface area (TPSA) is 205 Å². The van der Waals surface area contributed by atoms with Crippen LogP contribution < -0.4 is 10.1 Å². The predicted octanol–water partition coefficient (Wildman–Crippen LogP) is 0.321. The molecule has 0 bridgehead atoms. The van der Waals surface area contributed by atoms with Crippen molar-refractivity contribution < 1.29 is 53.2 Å². The van der Waals surface area contributed by atoms with E-state index in [1.807, 2.05) is 6.92 Å². The number of nitrogens with one attached hydrogen (secondary N) is 1. The monoisotopic (exact) mass is 657 g/mol. The van der Waals surface area contributed by atoms with Gasteiger partial charge in [0.05, 0.1) is 25.3 Å². The Hall–Kier alpha value is -4.99. The van der Waals surface area contributed by atoms with Gasteiger partial charge < -0.3 is 44.4 Å². The van der Waals surface area contributed by atoms with Crippen LogP contribution in [0.1, 0.15) is 42.2 Å². The van der Waals surface area contributed by atoms with Crippen molar-refractivity contribution in [3.05, 3.63) is 35.5 Å². The first-order valence-electron chi connectivity index (χ1n) is 15.2. The van der Waals surface area contributed by atoms with Gasteiger partial charge in [-0.25, -0.2) is 14.6 Å². The highest BCUT2D eigenvalue weighted by Crippen LogP contribution is 2.27. The molecule has 16 heteroatoms. The molecule has 2 aliphatic heterocycles. The van der Waals surface area contributed by atoms with E-state index < -0.39 is 67.0 Å². The van der Waals surface area contributed by atoms with Crippen LogP contribution in [-0.2, 0) is 28.7 Å². The van der Waals surface area contributed by atoms with Gasteiger partial charge in [-0.15, -0.1) is 0 Å². The maximum Gasteiger partial charge on any atom is 0.409 e. The van der Waals surface area contributed by atoms with Crippen molar-refractivity contribution in [3.8, 4) is 5.75 Å². The fourth-order valence-electron chi connectivity index (χ4n) is 5.52. The summed E-state index contributed by atoms with van der Waals surface area (Å²) in [6.07, 6.45) is -1.94. The van der Waals surface area contributed by atoms with Gasteiger partial charge >= 0.3 is 18.0 Å². The lowest BCUT2D eigenvalue weighted by Gasteiger charge is -2.35. The lowest BCUT2D eigenvalue weighted by Crippen LogP contribution is -2.56. The van der Waals surface area contributed by atoms with E-state index in [2.05, 4.69) is 10.3 Å². The van der Waals surface area contributed by atoms with Crippen LogP contribution in [0.3, 0.4) is 0 Å². The smallest absolute Gasteiger partial charge is 0.409 e. The highest BCUT2D eigenvalue weighted by atomic mass is 16.6. The summed E-state index contributed by atoms with van der Waals surface area (Å²) in [5.41, 5.74) is 1.05. The number of aromatic nitrogens is 1. The van der Waals surface area contributed by atoms with Gasteiger partial charge in [0, 0.05) is 57.0 Å². The molecule has 3 atom stereocenters. The van der Waals surface area contributed by atoms with Gasteiger partial charge in [-0.2, -0.15) is 0 Å². The van der Waals surface area contributed by atoms with Crippen molar-refractivity contribution in [1.29, 1.82) is 0 Å². The minimum atomic E-state index is -1.20. The van der Waals surface area contributed by atoms with Gasteiger partial charge in [-0.05, 0) is 38.0 Å². The van der Waals surface area contributed by atoms with E-state index in [1.165, 1.54) is 27.9 Å². The number of likely N-dealkylation sites (tertiary alicyclic amines) is 1. The number of carboxylic acid groups (broad SMARTS) is 1. The molecule has 2 saturated heterocycles. The van der Waals surface area contributed by atoms with Crippen molar-refractivity contribution in [2.75, 3.05) is 53.0 Å². The fraction of sp³-hybridized carbons (Fsp3) is 0.516. The van der Waals surface area contributed by atoms with Crippen molar-refractivity contribution >= 4 is 46.7 Å². The van der Waals surface area contributed by atoms with E-state index in [0.717, 1.165) is 5.56 Å². The maximum atomic E-state index is 13.5. The molecule has 3 heterocycles. The van der Waals surface area contributed by atoms with E-state index in [9.17, 15) is 39.0 Å².